The van der Waals surface area contributed by atoms with Gasteiger partial charge in [-0.2, -0.15) is 0 Å². The summed E-state index contributed by atoms with van der Waals surface area (Å²) in [6, 6.07) is 0. The molecule has 1 amide bonds. The molecule has 13 heavy (non-hydrogen) atoms. The number of carbonyl (C=O) groups excluding carboxylic acids is 1. The molecule has 4 nitrogen and oxygen atoms in total. The number of rotatable bonds is 7. The summed E-state index contributed by atoms with van der Waals surface area (Å²) in [7, 11) is 0. The lowest BCUT2D eigenvalue weighted by atomic mass is 10.2. The van der Waals surface area contributed by atoms with E-state index in [-0.39, 0.29) is 12.0 Å². The minimum Gasteiger partial charge on any atom is -0.393 e. The van der Waals surface area contributed by atoms with E-state index in [4.69, 9.17) is 10.8 Å². The Hall–Kier alpha value is -0.610. The van der Waals surface area contributed by atoms with Crippen LogP contribution in [0.15, 0.2) is 0 Å². The maximum absolute atomic E-state index is 11.0. The quantitative estimate of drug-likeness (QED) is 0.492. The lowest BCUT2D eigenvalue weighted by Crippen LogP contribution is -2.25. The Bertz CT molecular complexity index is 138. The summed E-state index contributed by atoms with van der Waals surface area (Å²) in [5.41, 5.74) is 5.26. The van der Waals surface area contributed by atoms with Gasteiger partial charge in [-0.15, -0.1) is 0 Å². The zero-order valence-electron chi connectivity index (χ0n) is 8.25. The van der Waals surface area contributed by atoms with Gasteiger partial charge >= 0.3 is 0 Å². The second-order valence-corrected chi connectivity index (χ2v) is 3.23. The summed E-state index contributed by atoms with van der Waals surface area (Å²) in [4.78, 5) is 11.0. The number of hydrogen-bond donors (Lipinski definition) is 3. The molecule has 0 saturated carbocycles. The van der Waals surface area contributed by atoms with Crippen LogP contribution in [-0.2, 0) is 4.79 Å². The minimum absolute atomic E-state index is 0.0519. The highest BCUT2D eigenvalue weighted by atomic mass is 16.3. The highest BCUT2D eigenvalue weighted by Crippen LogP contribution is 1.94. The number of hydrogen-bond acceptors (Lipinski definition) is 3. The summed E-state index contributed by atoms with van der Waals surface area (Å²) in [5.74, 6) is 0.0519. The maximum Gasteiger partial charge on any atom is 0.220 e. The van der Waals surface area contributed by atoms with Crippen molar-refractivity contribution in [2.24, 2.45) is 5.73 Å². The largest absolute Gasteiger partial charge is 0.393 e. The fourth-order valence-corrected chi connectivity index (χ4v) is 0.976. The van der Waals surface area contributed by atoms with Gasteiger partial charge in [0.15, 0.2) is 0 Å². The standard InChI is InChI=1S/C9H20N2O2/c1-8(12)4-3-7-11-9(13)5-2-6-10/h8,12H,2-7,10H2,1H3,(H,11,13). The van der Waals surface area contributed by atoms with Crippen molar-refractivity contribution in [3.05, 3.63) is 0 Å². The first-order valence-electron chi connectivity index (χ1n) is 4.81. The van der Waals surface area contributed by atoms with E-state index in [9.17, 15) is 4.79 Å². The SMILES string of the molecule is CC(O)CCCNC(=O)CCCN. The smallest absolute Gasteiger partial charge is 0.220 e. The van der Waals surface area contributed by atoms with Gasteiger partial charge in [-0.05, 0) is 32.7 Å². The van der Waals surface area contributed by atoms with Crippen LogP contribution in [0.5, 0.6) is 0 Å². The summed E-state index contributed by atoms with van der Waals surface area (Å²) < 4.78 is 0. The molecule has 0 aromatic carbocycles. The van der Waals surface area contributed by atoms with Crippen LogP contribution in [0, 0.1) is 0 Å². The molecule has 1 atom stereocenters. The predicted octanol–water partition coefficient (Wildman–Crippen LogP) is 0.00250. The van der Waals surface area contributed by atoms with E-state index in [1.165, 1.54) is 0 Å². The Kier molecular flexibility index (Phi) is 7.63. The van der Waals surface area contributed by atoms with Crippen molar-refractivity contribution >= 4 is 5.91 Å². The van der Waals surface area contributed by atoms with Gasteiger partial charge in [-0.1, -0.05) is 0 Å². The highest BCUT2D eigenvalue weighted by molar-refractivity contribution is 5.75. The van der Waals surface area contributed by atoms with Gasteiger partial charge in [0.2, 0.25) is 5.91 Å². The van der Waals surface area contributed by atoms with Crippen LogP contribution in [0.25, 0.3) is 0 Å². The van der Waals surface area contributed by atoms with Gasteiger partial charge in [0, 0.05) is 13.0 Å². The number of nitrogens with two attached hydrogens (primary N) is 1. The topological polar surface area (TPSA) is 75.3 Å². The first-order chi connectivity index (χ1) is 6.16. The molecule has 0 fully saturated rings. The molecule has 1 unspecified atom stereocenters. The number of amides is 1. The molecule has 0 aliphatic rings. The van der Waals surface area contributed by atoms with Crippen LogP contribution in [0.1, 0.15) is 32.6 Å². The molecule has 0 rings (SSSR count). The van der Waals surface area contributed by atoms with E-state index in [1.807, 2.05) is 0 Å². The monoisotopic (exact) mass is 188 g/mol. The summed E-state index contributed by atoms with van der Waals surface area (Å²) >= 11 is 0. The molecule has 4 heteroatoms. The van der Waals surface area contributed by atoms with Gasteiger partial charge in [-0.3, -0.25) is 4.79 Å². The molecule has 0 radical (unpaired) electrons. The van der Waals surface area contributed by atoms with Gasteiger partial charge in [-0.25, -0.2) is 0 Å². The fourth-order valence-electron chi connectivity index (χ4n) is 0.976. The Morgan fingerprint density at radius 1 is 1.54 bits per heavy atom. The number of aliphatic hydroxyl groups excluding tert-OH is 1. The van der Waals surface area contributed by atoms with Crippen LogP contribution in [0.4, 0.5) is 0 Å². The molecule has 0 aromatic rings. The third-order valence-corrected chi connectivity index (χ3v) is 1.73. The molecular formula is C9H20N2O2. The van der Waals surface area contributed by atoms with Crippen LogP contribution in [-0.4, -0.2) is 30.2 Å². The fraction of sp³-hybridized carbons (Fsp3) is 0.889. The highest BCUT2D eigenvalue weighted by Gasteiger charge is 1.99. The van der Waals surface area contributed by atoms with Gasteiger partial charge in [0.25, 0.3) is 0 Å². The Balaban J connectivity index is 3.17. The van der Waals surface area contributed by atoms with Crippen LogP contribution in [0.3, 0.4) is 0 Å². The van der Waals surface area contributed by atoms with Crippen molar-refractivity contribution in [3.8, 4) is 0 Å². The Morgan fingerprint density at radius 2 is 2.23 bits per heavy atom. The first kappa shape index (κ1) is 12.4. The number of nitrogens with one attached hydrogen (secondary N) is 1. The Labute approximate surface area is 79.5 Å². The maximum atomic E-state index is 11.0. The molecule has 0 heterocycles. The molecule has 78 valence electrons. The zero-order chi connectivity index (χ0) is 10.1. The van der Waals surface area contributed by atoms with E-state index in [2.05, 4.69) is 5.32 Å². The van der Waals surface area contributed by atoms with E-state index in [0.717, 1.165) is 19.3 Å². The number of aliphatic hydroxyl groups is 1. The first-order valence-corrected chi connectivity index (χ1v) is 4.81. The third-order valence-electron chi connectivity index (χ3n) is 1.73. The van der Waals surface area contributed by atoms with E-state index < -0.39 is 0 Å². The lowest BCUT2D eigenvalue weighted by molar-refractivity contribution is -0.121. The van der Waals surface area contributed by atoms with Crippen LogP contribution < -0.4 is 11.1 Å². The second kappa shape index (κ2) is 8.01. The summed E-state index contributed by atoms with van der Waals surface area (Å²) in [6.45, 7) is 2.95. The normalized spacial score (nSPS) is 12.5. The van der Waals surface area contributed by atoms with Crippen molar-refractivity contribution in [1.82, 2.24) is 5.32 Å². The van der Waals surface area contributed by atoms with E-state index >= 15 is 0 Å². The Morgan fingerprint density at radius 3 is 2.77 bits per heavy atom. The van der Waals surface area contributed by atoms with Crippen molar-refractivity contribution < 1.29 is 9.90 Å². The molecule has 0 aliphatic carbocycles. The van der Waals surface area contributed by atoms with Gasteiger partial charge in [0.1, 0.15) is 0 Å². The van der Waals surface area contributed by atoms with Gasteiger partial charge < -0.3 is 16.2 Å². The van der Waals surface area contributed by atoms with Crippen molar-refractivity contribution in [1.29, 1.82) is 0 Å². The van der Waals surface area contributed by atoms with Crippen LogP contribution >= 0.6 is 0 Å². The molecule has 4 N–H and O–H groups in total. The minimum atomic E-state index is -0.277. The lowest BCUT2D eigenvalue weighted by Gasteiger charge is -2.05. The summed E-state index contributed by atoms with van der Waals surface area (Å²) in [6.07, 6.45) is 2.53. The van der Waals surface area contributed by atoms with Crippen molar-refractivity contribution in [2.75, 3.05) is 13.1 Å². The molecule has 0 aliphatic heterocycles. The van der Waals surface area contributed by atoms with E-state index in [0.29, 0.717) is 19.5 Å². The van der Waals surface area contributed by atoms with Crippen LogP contribution in [0.2, 0.25) is 0 Å². The number of carbonyl (C=O) groups is 1. The molecule has 0 saturated heterocycles. The molecule has 0 bridgehead atoms. The zero-order valence-corrected chi connectivity index (χ0v) is 8.25. The van der Waals surface area contributed by atoms with Gasteiger partial charge in [0.05, 0.1) is 6.10 Å². The van der Waals surface area contributed by atoms with Crippen molar-refractivity contribution in [3.63, 3.8) is 0 Å². The average Bonchev–Trinajstić information content (AvgIpc) is 2.08. The molecule has 0 aromatic heterocycles. The summed E-state index contributed by atoms with van der Waals surface area (Å²) in [5, 5.41) is 11.7. The average molecular weight is 188 g/mol. The van der Waals surface area contributed by atoms with Crippen molar-refractivity contribution in [2.45, 2.75) is 38.7 Å². The molecular weight excluding hydrogens is 168 g/mol. The van der Waals surface area contributed by atoms with E-state index in [1.54, 1.807) is 6.92 Å². The molecule has 0 spiro atoms. The predicted molar refractivity (Wildman–Crippen MR) is 52.2 cm³/mol. The third kappa shape index (κ3) is 9.30. The second-order valence-electron chi connectivity index (χ2n) is 3.23.